The summed E-state index contributed by atoms with van der Waals surface area (Å²) in [5.74, 6) is 2.67. The normalized spacial score (nSPS) is 9.35. The van der Waals surface area contributed by atoms with Crippen LogP contribution in [0.1, 0.15) is 34.3 Å². The molecule has 0 saturated heterocycles. The Morgan fingerprint density at radius 1 is 1.41 bits per heavy atom. The maximum atomic E-state index is 11.4. The Hall–Kier alpha value is -1.27. The zero-order valence-electron chi connectivity index (χ0n) is 10.0. The lowest BCUT2D eigenvalue weighted by molar-refractivity contribution is 0.0600. The van der Waals surface area contributed by atoms with Gasteiger partial charge in [-0.2, -0.15) is 0 Å². The van der Waals surface area contributed by atoms with E-state index in [9.17, 15) is 4.79 Å². The van der Waals surface area contributed by atoms with Crippen LogP contribution in [0.15, 0.2) is 18.2 Å². The largest absolute Gasteiger partial charge is 0.465 e. The molecule has 0 radical (unpaired) electrons. The average molecular weight is 295 g/mol. The summed E-state index contributed by atoms with van der Waals surface area (Å²) >= 11 is 3.07. The van der Waals surface area contributed by atoms with Gasteiger partial charge in [0, 0.05) is 22.4 Å². The highest BCUT2D eigenvalue weighted by molar-refractivity contribution is 9.12. The van der Waals surface area contributed by atoms with Crippen LogP contribution >= 0.6 is 15.9 Å². The molecule has 17 heavy (non-hydrogen) atoms. The lowest BCUT2D eigenvalue weighted by Gasteiger charge is -2.05. The van der Waals surface area contributed by atoms with Gasteiger partial charge in [-0.25, -0.2) is 4.79 Å². The first-order valence-corrected chi connectivity index (χ1v) is 6.24. The average Bonchev–Trinajstić information content (AvgIpc) is 2.33. The first-order valence-electron chi connectivity index (χ1n) is 5.44. The van der Waals surface area contributed by atoms with Gasteiger partial charge in [-0.1, -0.05) is 17.6 Å². The summed E-state index contributed by atoms with van der Waals surface area (Å²) in [5, 5.41) is 0. The number of hydrogen-bond donors (Lipinski definition) is 0. The van der Waals surface area contributed by atoms with E-state index in [1.165, 1.54) is 7.11 Å². The fraction of sp³-hybridized carbons (Fsp3) is 0.357. The van der Waals surface area contributed by atoms with E-state index in [0.29, 0.717) is 5.56 Å². The van der Waals surface area contributed by atoms with Crippen molar-refractivity contribution in [3.8, 4) is 10.8 Å². The predicted octanol–water partition coefficient (Wildman–Crippen LogP) is 3.46. The van der Waals surface area contributed by atoms with Gasteiger partial charge in [-0.05, 0) is 42.3 Å². The van der Waals surface area contributed by atoms with E-state index in [4.69, 9.17) is 4.74 Å². The van der Waals surface area contributed by atoms with Crippen molar-refractivity contribution in [2.75, 3.05) is 7.11 Å². The molecule has 0 saturated carbocycles. The molecule has 0 aliphatic carbocycles. The second kappa shape index (κ2) is 7.13. The van der Waals surface area contributed by atoms with Crippen LogP contribution in [0, 0.1) is 17.7 Å². The Labute approximate surface area is 110 Å². The van der Waals surface area contributed by atoms with Crippen molar-refractivity contribution in [2.45, 2.75) is 26.2 Å². The SMILES string of the molecule is COC(=O)c1cc(C)cc(CCCC#CBr)c1. The van der Waals surface area contributed by atoms with Gasteiger partial charge in [0.05, 0.1) is 12.7 Å². The van der Waals surface area contributed by atoms with Crippen LogP contribution in [0.3, 0.4) is 0 Å². The van der Waals surface area contributed by atoms with E-state index in [1.807, 2.05) is 19.1 Å². The first-order chi connectivity index (χ1) is 8.17. The minimum absolute atomic E-state index is 0.282. The number of halogens is 1. The fourth-order valence-corrected chi connectivity index (χ4v) is 1.87. The summed E-state index contributed by atoms with van der Waals surface area (Å²) in [6, 6.07) is 5.82. The summed E-state index contributed by atoms with van der Waals surface area (Å²) in [6.45, 7) is 1.98. The van der Waals surface area contributed by atoms with Crippen LogP contribution in [0.5, 0.6) is 0 Å². The Balaban J connectivity index is 2.74. The second-order valence-electron chi connectivity index (χ2n) is 3.82. The van der Waals surface area contributed by atoms with Crippen LogP contribution in [-0.2, 0) is 11.2 Å². The molecule has 0 N–H and O–H groups in total. The number of hydrogen-bond acceptors (Lipinski definition) is 2. The van der Waals surface area contributed by atoms with Crippen molar-refractivity contribution in [3.05, 3.63) is 34.9 Å². The molecule has 0 aromatic heterocycles. The minimum atomic E-state index is -0.282. The van der Waals surface area contributed by atoms with E-state index in [2.05, 4.69) is 32.7 Å². The topological polar surface area (TPSA) is 26.3 Å². The molecule has 0 fully saturated rings. The summed E-state index contributed by atoms with van der Waals surface area (Å²) in [7, 11) is 1.40. The molecule has 0 amide bonds. The Morgan fingerprint density at radius 2 is 2.18 bits per heavy atom. The number of carbonyl (C=O) groups excluding carboxylic acids is 1. The van der Waals surface area contributed by atoms with Gasteiger partial charge >= 0.3 is 5.97 Å². The Bertz CT molecular complexity index is 455. The van der Waals surface area contributed by atoms with Crippen molar-refractivity contribution in [1.29, 1.82) is 0 Å². The maximum absolute atomic E-state index is 11.4. The number of carbonyl (C=O) groups is 1. The van der Waals surface area contributed by atoms with Crippen LogP contribution < -0.4 is 0 Å². The van der Waals surface area contributed by atoms with Gasteiger partial charge in [0.15, 0.2) is 0 Å². The molecule has 0 heterocycles. The summed E-state index contributed by atoms with van der Waals surface area (Å²) in [6.07, 6.45) is 2.77. The van der Waals surface area contributed by atoms with E-state index in [1.54, 1.807) is 0 Å². The third-order valence-corrected chi connectivity index (χ3v) is 2.67. The molecule has 0 aliphatic heterocycles. The number of methoxy groups -OCH3 is 1. The molecule has 0 unspecified atom stereocenters. The lowest BCUT2D eigenvalue weighted by atomic mass is 10.0. The van der Waals surface area contributed by atoms with Crippen molar-refractivity contribution >= 4 is 21.9 Å². The summed E-state index contributed by atoms with van der Waals surface area (Å²) < 4.78 is 4.72. The van der Waals surface area contributed by atoms with E-state index < -0.39 is 0 Å². The zero-order valence-corrected chi connectivity index (χ0v) is 11.6. The first kappa shape index (κ1) is 13.8. The van der Waals surface area contributed by atoms with Crippen LogP contribution in [0.4, 0.5) is 0 Å². The van der Waals surface area contributed by atoms with Gasteiger partial charge in [0.25, 0.3) is 0 Å². The molecule has 3 heteroatoms. The van der Waals surface area contributed by atoms with Crippen LogP contribution in [0.25, 0.3) is 0 Å². The highest BCUT2D eigenvalue weighted by atomic mass is 79.9. The molecule has 0 atom stereocenters. The zero-order chi connectivity index (χ0) is 12.7. The predicted molar refractivity (Wildman–Crippen MR) is 72.2 cm³/mol. The smallest absolute Gasteiger partial charge is 0.337 e. The number of esters is 1. The molecular weight excluding hydrogens is 280 g/mol. The van der Waals surface area contributed by atoms with Gasteiger partial charge in [-0.15, -0.1) is 0 Å². The molecular formula is C14H15BrO2. The molecule has 1 rings (SSSR count). The van der Waals surface area contributed by atoms with Gasteiger partial charge in [0.2, 0.25) is 0 Å². The van der Waals surface area contributed by atoms with Crippen molar-refractivity contribution in [2.24, 2.45) is 0 Å². The highest BCUT2D eigenvalue weighted by Gasteiger charge is 2.07. The van der Waals surface area contributed by atoms with Crippen molar-refractivity contribution in [1.82, 2.24) is 0 Å². The van der Waals surface area contributed by atoms with E-state index in [0.717, 1.165) is 30.4 Å². The quantitative estimate of drug-likeness (QED) is 0.483. The standard InChI is InChI=1S/C14H15BrO2/c1-11-8-12(6-4-3-5-7-15)10-13(9-11)14(16)17-2/h8-10H,3-4,6H2,1-2H3. The monoisotopic (exact) mass is 294 g/mol. The van der Waals surface area contributed by atoms with E-state index in [-0.39, 0.29) is 5.97 Å². The van der Waals surface area contributed by atoms with Crippen molar-refractivity contribution in [3.63, 3.8) is 0 Å². The number of unbranched alkanes of at least 4 members (excludes halogenated alkanes) is 1. The summed E-state index contributed by atoms with van der Waals surface area (Å²) in [4.78, 5) is 14.1. The third-order valence-electron chi connectivity index (χ3n) is 2.39. The molecule has 1 aromatic carbocycles. The molecule has 0 aliphatic rings. The van der Waals surface area contributed by atoms with Crippen LogP contribution in [-0.4, -0.2) is 13.1 Å². The third kappa shape index (κ3) is 4.62. The van der Waals surface area contributed by atoms with Gasteiger partial charge < -0.3 is 4.74 Å². The number of rotatable bonds is 4. The van der Waals surface area contributed by atoms with Crippen LogP contribution in [0.2, 0.25) is 0 Å². The Morgan fingerprint density at radius 3 is 2.82 bits per heavy atom. The Kier molecular flexibility index (Phi) is 5.79. The highest BCUT2D eigenvalue weighted by Crippen LogP contribution is 2.13. The van der Waals surface area contributed by atoms with Gasteiger partial charge in [0.1, 0.15) is 0 Å². The lowest BCUT2D eigenvalue weighted by Crippen LogP contribution is -2.02. The maximum Gasteiger partial charge on any atom is 0.337 e. The molecule has 2 nitrogen and oxygen atoms in total. The van der Waals surface area contributed by atoms with Gasteiger partial charge in [-0.3, -0.25) is 0 Å². The van der Waals surface area contributed by atoms with Crippen molar-refractivity contribution < 1.29 is 9.53 Å². The number of aryl methyl sites for hydroxylation is 2. The number of benzene rings is 1. The molecule has 0 bridgehead atoms. The minimum Gasteiger partial charge on any atom is -0.465 e. The molecule has 1 aromatic rings. The number of ether oxygens (including phenoxy) is 1. The summed E-state index contributed by atoms with van der Waals surface area (Å²) in [5.41, 5.74) is 2.85. The molecule has 0 spiro atoms. The van der Waals surface area contributed by atoms with E-state index >= 15 is 0 Å². The molecule has 90 valence electrons. The second-order valence-corrected chi connectivity index (χ2v) is 4.22. The fourth-order valence-electron chi connectivity index (χ4n) is 1.67.